The second-order valence-electron chi connectivity index (χ2n) is 3.90. The molecule has 8 heteroatoms. The Hall–Kier alpha value is -1.24. The van der Waals surface area contributed by atoms with Gasteiger partial charge in [-0.15, -0.1) is 10.2 Å². The van der Waals surface area contributed by atoms with Gasteiger partial charge in [-0.05, 0) is 18.2 Å². The number of carboxylic acids is 1. The Kier molecular flexibility index (Phi) is 4.91. The minimum Gasteiger partial charge on any atom is -0.481 e. The quantitative estimate of drug-likeness (QED) is 0.851. The maximum Gasteiger partial charge on any atom is 0.313 e. The van der Waals surface area contributed by atoms with Crippen molar-refractivity contribution in [3.63, 3.8) is 0 Å². The van der Waals surface area contributed by atoms with Crippen molar-refractivity contribution in [3.8, 4) is 5.69 Å². The summed E-state index contributed by atoms with van der Waals surface area (Å²) in [5.74, 6) is -0.279. The number of carboxylic acid groups (broad SMARTS) is 1. The van der Waals surface area contributed by atoms with Crippen LogP contribution in [-0.2, 0) is 11.2 Å². The van der Waals surface area contributed by atoms with Crippen LogP contribution in [0.25, 0.3) is 5.69 Å². The van der Waals surface area contributed by atoms with Gasteiger partial charge in [-0.2, -0.15) is 0 Å². The number of thioether (sulfide) groups is 1. The summed E-state index contributed by atoms with van der Waals surface area (Å²) in [4.78, 5) is 10.7. The van der Waals surface area contributed by atoms with E-state index in [4.69, 9.17) is 28.3 Å². The number of halogens is 2. The van der Waals surface area contributed by atoms with Crippen LogP contribution in [0.4, 0.5) is 0 Å². The fourth-order valence-electron chi connectivity index (χ4n) is 1.68. The number of hydrogen-bond acceptors (Lipinski definition) is 4. The number of hydrogen-bond donors (Lipinski definition) is 1. The topological polar surface area (TPSA) is 68.0 Å². The zero-order valence-corrected chi connectivity index (χ0v) is 12.8. The van der Waals surface area contributed by atoms with Crippen LogP contribution >= 0.6 is 35.0 Å². The van der Waals surface area contributed by atoms with Gasteiger partial charge in [-0.3, -0.25) is 9.36 Å². The molecule has 1 heterocycles. The Labute approximate surface area is 129 Å². The SMILES string of the molecule is CCc1nnc(SCC(=O)O)n1-c1cc(Cl)cc(Cl)c1. The van der Waals surface area contributed by atoms with Gasteiger partial charge in [-0.1, -0.05) is 41.9 Å². The molecule has 0 amide bonds. The van der Waals surface area contributed by atoms with Crippen molar-refractivity contribution >= 4 is 40.9 Å². The number of benzene rings is 1. The fourth-order valence-corrected chi connectivity index (χ4v) is 2.88. The monoisotopic (exact) mass is 331 g/mol. The van der Waals surface area contributed by atoms with Crippen molar-refractivity contribution in [1.29, 1.82) is 0 Å². The Bertz CT molecular complexity index is 625. The van der Waals surface area contributed by atoms with E-state index in [1.807, 2.05) is 6.92 Å². The molecule has 0 saturated carbocycles. The largest absolute Gasteiger partial charge is 0.481 e. The molecule has 0 aliphatic carbocycles. The van der Waals surface area contributed by atoms with Gasteiger partial charge in [0.2, 0.25) is 0 Å². The van der Waals surface area contributed by atoms with Crippen LogP contribution in [0.1, 0.15) is 12.7 Å². The average molecular weight is 332 g/mol. The van der Waals surface area contributed by atoms with E-state index in [0.717, 1.165) is 23.3 Å². The molecular formula is C12H11Cl2N3O2S. The number of aliphatic carboxylic acids is 1. The van der Waals surface area contributed by atoms with E-state index < -0.39 is 5.97 Å². The summed E-state index contributed by atoms with van der Waals surface area (Å²) in [6.07, 6.45) is 0.658. The van der Waals surface area contributed by atoms with Gasteiger partial charge in [0.05, 0.1) is 11.4 Å². The van der Waals surface area contributed by atoms with E-state index >= 15 is 0 Å². The van der Waals surface area contributed by atoms with Crippen molar-refractivity contribution in [2.75, 3.05) is 5.75 Å². The molecule has 0 saturated heterocycles. The molecule has 1 N–H and O–H groups in total. The second-order valence-corrected chi connectivity index (χ2v) is 5.71. The lowest BCUT2D eigenvalue weighted by Crippen LogP contribution is -2.04. The smallest absolute Gasteiger partial charge is 0.313 e. The third-order valence-electron chi connectivity index (χ3n) is 2.45. The second kappa shape index (κ2) is 6.47. The summed E-state index contributed by atoms with van der Waals surface area (Å²) in [6.45, 7) is 1.94. The molecule has 5 nitrogen and oxygen atoms in total. The van der Waals surface area contributed by atoms with Crippen molar-refractivity contribution < 1.29 is 9.90 Å². The number of carbonyl (C=O) groups is 1. The van der Waals surface area contributed by atoms with Gasteiger partial charge in [0.1, 0.15) is 5.82 Å². The molecule has 0 unspecified atom stereocenters. The molecular weight excluding hydrogens is 321 g/mol. The first-order valence-electron chi connectivity index (χ1n) is 5.76. The van der Waals surface area contributed by atoms with Crippen LogP contribution in [0.15, 0.2) is 23.4 Å². The van der Waals surface area contributed by atoms with Crippen molar-refractivity contribution in [2.45, 2.75) is 18.5 Å². The van der Waals surface area contributed by atoms with E-state index in [9.17, 15) is 4.79 Å². The average Bonchev–Trinajstić information content (AvgIpc) is 2.77. The van der Waals surface area contributed by atoms with E-state index in [0.29, 0.717) is 21.6 Å². The summed E-state index contributed by atoms with van der Waals surface area (Å²) >= 11 is 13.1. The van der Waals surface area contributed by atoms with E-state index in [-0.39, 0.29) is 5.75 Å². The van der Waals surface area contributed by atoms with Gasteiger partial charge in [0, 0.05) is 16.5 Å². The van der Waals surface area contributed by atoms with E-state index in [2.05, 4.69) is 10.2 Å². The third-order valence-corrected chi connectivity index (χ3v) is 3.80. The highest BCUT2D eigenvalue weighted by Gasteiger charge is 2.15. The Morgan fingerprint density at radius 3 is 2.50 bits per heavy atom. The standard InChI is InChI=1S/C12H11Cl2N3O2S/c1-2-10-15-16-12(20-6-11(18)19)17(10)9-4-7(13)3-8(14)5-9/h3-5H,2,6H2,1H3,(H,18,19). The molecule has 20 heavy (non-hydrogen) atoms. The lowest BCUT2D eigenvalue weighted by Gasteiger charge is -2.09. The van der Waals surface area contributed by atoms with Gasteiger partial charge in [0.25, 0.3) is 0 Å². The first kappa shape index (κ1) is 15.2. The van der Waals surface area contributed by atoms with Gasteiger partial charge in [-0.25, -0.2) is 0 Å². The molecule has 0 atom stereocenters. The molecule has 0 spiro atoms. The molecule has 0 aliphatic rings. The van der Waals surface area contributed by atoms with E-state index in [1.165, 1.54) is 0 Å². The highest BCUT2D eigenvalue weighted by atomic mass is 35.5. The predicted molar refractivity (Wildman–Crippen MR) is 79.1 cm³/mol. The first-order valence-corrected chi connectivity index (χ1v) is 7.50. The molecule has 0 radical (unpaired) electrons. The van der Waals surface area contributed by atoms with Crippen LogP contribution < -0.4 is 0 Å². The summed E-state index contributed by atoms with van der Waals surface area (Å²) in [5.41, 5.74) is 0.720. The van der Waals surface area contributed by atoms with Gasteiger partial charge >= 0.3 is 5.97 Å². The van der Waals surface area contributed by atoms with Crippen LogP contribution in [0.2, 0.25) is 10.0 Å². The summed E-state index contributed by atoms with van der Waals surface area (Å²) < 4.78 is 1.77. The fraction of sp³-hybridized carbons (Fsp3) is 0.250. The Balaban J connectivity index is 2.47. The molecule has 0 aliphatic heterocycles. The van der Waals surface area contributed by atoms with Gasteiger partial charge < -0.3 is 5.11 Å². The number of rotatable bonds is 5. The van der Waals surface area contributed by atoms with Gasteiger partial charge in [0.15, 0.2) is 5.16 Å². The minimum absolute atomic E-state index is 0.0872. The highest BCUT2D eigenvalue weighted by Crippen LogP contribution is 2.27. The summed E-state index contributed by atoms with van der Waals surface area (Å²) in [6, 6.07) is 5.11. The van der Waals surface area contributed by atoms with Crippen LogP contribution in [0, 0.1) is 0 Å². The minimum atomic E-state index is -0.910. The molecule has 0 bridgehead atoms. The summed E-state index contributed by atoms with van der Waals surface area (Å²) in [5, 5.41) is 18.3. The normalized spacial score (nSPS) is 10.8. The number of aromatic nitrogens is 3. The van der Waals surface area contributed by atoms with Crippen LogP contribution in [0.3, 0.4) is 0 Å². The zero-order valence-electron chi connectivity index (χ0n) is 10.5. The zero-order chi connectivity index (χ0) is 14.7. The molecule has 0 fully saturated rings. The lowest BCUT2D eigenvalue weighted by atomic mass is 10.3. The number of aryl methyl sites for hydroxylation is 1. The van der Waals surface area contributed by atoms with Crippen molar-refractivity contribution in [3.05, 3.63) is 34.1 Å². The van der Waals surface area contributed by atoms with Crippen molar-refractivity contribution in [1.82, 2.24) is 14.8 Å². The molecule has 106 valence electrons. The Morgan fingerprint density at radius 1 is 1.30 bits per heavy atom. The summed E-state index contributed by atoms with van der Waals surface area (Å²) in [7, 11) is 0. The predicted octanol–water partition coefficient (Wildman–Crippen LogP) is 3.31. The number of nitrogens with zero attached hydrogens (tertiary/aromatic N) is 3. The maximum absolute atomic E-state index is 10.7. The van der Waals surface area contributed by atoms with Crippen LogP contribution in [0.5, 0.6) is 0 Å². The lowest BCUT2D eigenvalue weighted by molar-refractivity contribution is -0.133. The molecule has 2 rings (SSSR count). The molecule has 1 aromatic carbocycles. The first-order chi connectivity index (χ1) is 9.51. The molecule has 2 aromatic rings. The van der Waals surface area contributed by atoms with Crippen LogP contribution in [-0.4, -0.2) is 31.6 Å². The van der Waals surface area contributed by atoms with E-state index in [1.54, 1.807) is 22.8 Å². The Morgan fingerprint density at radius 2 is 1.95 bits per heavy atom. The molecule has 1 aromatic heterocycles. The van der Waals surface area contributed by atoms with Crippen molar-refractivity contribution in [2.24, 2.45) is 0 Å². The maximum atomic E-state index is 10.7. The third kappa shape index (κ3) is 3.45. The highest BCUT2D eigenvalue weighted by molar-refractivity contribution is 7.99.